The number of hydrogen-bond acceptors (Lipinski definition) is 2. The zero-order chi connectivity index (χ0) is 11.4. The van der Waals surface area contributed by atoms with E-state index < -0.39 is 0 Å². The number of benzene rings is 1. The second kappa shape index (κ2) is 5.46. The van der Waals surface area contributed by atoms with E-state index >= 15 is 0 Å². The molecule has 0 spiro atoms. The van der Waals surface area contributed by atoms with E-state index in [-0.39, 0.29) is 0 Å². The maximum absolute atomic E-state index is 5.62. The highest BCUT2D eigenvalue weighted by atomic mass is 15.0. The maximum Gasteiger partial charge on any atom is 0.0210 e. The van der Waals surface area contributed by atoms with Crippen LogP contribution in [-0.2, 0) is 13.0 Å². The van der Waals surface area contributed by atoms with Crippen LogP contribution in [0.5, 0.6) is 0 Å². The molecule has 2 rings (SSSR count). The summed E-state index contributed by atoms with van der Waals surface area (Å²) < 4.78 is 0. The minimum atomic E-state index is 0.734. The van der Waals surface area contributed by atoms with Gasteiger partial charge in [0.1, 0.15) is 0 Å². The first-order chi connectivity index (χ1) is 7.85. The first-order valence-electron chi connectivity index (χ1n) is 6.35. The molecule has 0 amide bonds. The molecule has 2 nitrogen and oxygen atoms in total. The van der Waals surface area contributed by atoms with Gasteiger partial charge in [0.05, 0.1) is 0 Å². The second-order valence-electron chi connectivity index (χ2n) is 4.70. The Labute approximate surface area is 98.2 Å². The second-order valence-corrected chi connectivity index (χ2v) is 4.70. The number of nitrogens with two attached hydrogens (primary N) is 1. The Hall–Kier alpha value is -0.860. The lowest BCUT2D eigenvalue weighted by Crippen LogP contribution is -2.19. The molecule has 1 aliphatic rings. The fourth-order valence-electron chi connectivity index (χ4n) is 2.32. The summed E-state index contributed by atoms with van der Waals surface area (Å²) in [6.07, 6.45) is 3.65. The van der Waals surface area contributed by atoms with Crippen LogP contribution in [-0.4, -0.2) is 12.6 Å². The highest BCUT2D eigenvalue weighted by Crippen LogP contribution is 2.33. The molecule has 0 saturated heterocycles. The highest BCUT2D eigenvalue weighted by Gasteiger charge is 2.34. The Morgan fingerprint density at radius 1 is 1.31 bits per heavy atom. The quantitative estimate of drug-likeness (QED) is 0.767. The van der Waals surface area contributed by atoms with Crippen molar-refractivity contribution in [1.29, 1.82) is 0 Å². The average molecular weight is 218 g/mol. The molecule has 1 saturated carbocycles. The predicted molar refractivity (Wildman–Crippen MR) is 68.2 cm³/mol. The van der Waals surface area contributed by atoms with Crippen molar-refractivity contribution in [3.63, 3.8) is 0 Å². The Morgan fingerprint density at radius 2 is 2.06 bits per heavy atom. The van der Waals surface area contributed by atoms with Crippen LogP contribution in [0, 0.1) is 5.92 Å². The first kappa shape index (κ1) is 11.6. The third-order valence-electron chi connectivity index (χ3n) is 3.53. The van der Waals surface area contributed by atoms with Gasteiger partial charge in [-0.1, -0.05) is 37.6 Å². The normalized spacial score (nSPS) is 23.4. The van der Waals surface area contributed by atoms with Crippen molar-refractivity contribution in [3.8, 4) is 0 Å². The molecular weight excluding hydrogens is 196 g/mol. The third-order valence-corrected chi connectivity index (χ3v) is 3.53. The van der Waals surface area contributed by atoms with Crippen LogP contribution >= 0.6 is 0 Å². The summed E-state index contributed by atoms with van der Waals surface area (Å²) in [6, 6.07) is 9.37. The van der Waals surface area contributed by atoms with E-state index in [1.807, 2.05) is 0 Å². The van der Waals surface area contributed by atoms with Crippen molar-refractivity contribution in [2.24, 2.45) is 11.7 Å². The molecule has 0 radical (unpaired) electrons. The topological polar surface area (TPSA) is 38.0 Å². The van der Waals surface area contributed by atoms with Gasteiger partial charge in [0.25, 0.3) is 0 Å². The monoisotopic (exact) mass is 218 g/mol. The van der Waals surface area contributed by atoms with Gasteiger partial charge in [-0.2, -0.15) is 0 Å². The molecule has 2 unspecified atom stereocenters. The Balaban J connectivity index is 1.88. The smallest absolute Gasteiger partial charge is 0.0210 e. The van der Waals surface area contributed by atoms with Crippen molar-refractivity contribution < 1.29 is 0 Å². The predicted octanol–water partition coefficient (Wildman–Crippen LogP) is 2.08. The van der Waals surface area contributed by atoms with Gasteiger partial charge in [-0.05, 0) is 36.4 Å². The molecule has 1 aromatic carbocycles. The molecular formula is C14H22N2. The van der Waals surface area contributed by atoms with Crippen molar-refractivity contribution >= 4 is 0 Å². The molecule has 1 fully saturated rings. The lowest BCUT2D eigenvalue weighted by Gasteiger charge is -2.09. The summed E-state index contributed by atoms with van der Waals surface area (Å²) in [5.74, 6) is 0.918. The summed E-state index contributed by atoms with van der Waals surface area (Å²) >= 11 is 0. The van der Waals surface area contributed by atoms with E-state index in [1.165, 1.54) is 24.0 Å². The lowest BCUT2D eigenvalue weighted by molar-refractivity contribution is 0.620. The minimum absolute atomic E-state index is 0.734. The SMILES string of the molecule is CCC1CC1NCc1ccccc1CCN. The van der Waals surface area contributed by atoms with E-state index in [1.54, 1.807) is 0 Å². The fraction of sp³-hybridized carbons (Fsp3) is 0.571. The Kier molecular flexibility index (Phi) is 3.97. The molecule has 2 atom stereocenters. The molecule has 0 aliphatic heterocycles. The van der Waals surface area contributed by atoms with Crippen molar-refractivity contribution in [3.05, 3.63) is 35.4 Å². The van der Waals surface area contributed by atoms with Gasteiger partial charge in [0.15, 0.2) is 0 Å². The molecule has 3 N–H and O–H groups in total. The standard InChI is InChI=1S/C14H22N2/c1-2-11-9-14(11)16-10-13-6-4-3-5-12(13)7-8-15/h3-6,11,14,16H,2,7-10,15H2,1H3. The molecule has 88 valence electrons. The van der Waals surface area contributed by atoms with Crippen molar-refractivity contribution in [2.75, 3.05) is 6.54 Å². The minimum Gasteiger partial charge on any atom is -0.330 e. The molecule has 0 heterocycles. The first-order valence-corrected chi connectivity index (χ1v) is 6.35. The van der Waals surface area contributed by atoms with Crippen LogP contribution < -0.4 is 11.1 Å². The molecule has 1 aliphatic carbocycles. The summed E-state index contributed by atoms with van der Waals surface area (Å²) in [6.45, 7) is 4.00. The van der Waals surface area contributed by atoms with Crippen molar-refractivity contribution in [1.82, 2.24) is 5.32 Å². The van der Waals surface area contributed by atoms with E-state index in [0.29, 0.717) is 0 Å². The summed E-state index contributed by atoms with van der Waals surface area (Å²) in [7, 11) is 0. The van der Waals surface area contributed by atoms with Gasteiger partial charge in [-0.25, -0.2) is 0 Å². The number of nitrogens with one attached hydrogen (secondary N) is 1. The van der Waals surface area contributed by atoms with Gasteiger partial charge in [-0.3, -0.25) is 0 Å². The summed E-state index contributed by atoms with van der Waals surface area (Å²) in [5.41, 5.74) is 8.43. The highest BCUT2D eigenvalue weighted by molar-refractivity contribution is 5.27. The van der Waals surface area contributed by atoms with Crippen molar-refractivity contribution in [2.45, 2.75) is 38.8 Å². The molecule has 1 aromatic rings. The van der Waals surface area contributed by atoms with Crippen LogP contribution in [0.1, 0.15) is 30.9 Å². The Morgan fingerprint density at radius 3 is 2.69 bits per heavy atom. The summed E-state index contributed by atoms with van der Waals surface area (Å²) in [4.78, 5) is 0. The molecule has 0 aromatic heterocycles. The third kappa shape index (κ3) is 2.83. The Bertz CT molecular complexity index is 335. The lowest BCUT2D eigenvalue weighted by atomic mass is 10.0. The van der Waals surface area contributed by atoms with Gasteiger partial charge >= 0.3 is 0 Å². The number of hydrogen-bond donors (Lipinski definition) is 2. The van der Waals surface area contributed by atoms with Crippen LogP contribution in [0.2, 0.25) is 0 Å². The fourth-order valence-corrected chi connectivity index (χ4v) is 2.32. The molecule has 2 heteroatoms. The van der Waals surface area contributed by atoms with Gasteiger partial charge in [0, 0.05) is 12.6 Å². The van der Waals surface area contributed by atoms with E-state index in [0.717, 1.165) is 31.5 Å². The van der Waals surface area contributed by atoms with Gasteiger partial charge in [-0.15, -0.1) is 0 Å². The van der Waals surface area contributed by atoms with Gasteiger partial charge < -0.3 is 11.1 Å². The number of rotatable bonds is 6. The van der Waals surface area contributed by atoms with Gasteiger partial charge in [0.2, 0.25) is 0 Å². The van der Waals surface area contributed by atoms with Crippen LogP contribution in [0.25, 0.3) is 0 Å². The maximum atomic E-state index is 5.62. The zero-order valence-electron chi connectivity index (χ0n) is 10.1. The van der Waals surface area contributed by atoms with Crippen LogP contribution in [0.3, 0.4) is 0 Å². The van der Waals surface area contributed by atoms with E-state index in [9.17, 15) is 0 Å². The van der Waals surface area contributed by atoms with Crippen LogP contribution in [0.15, 0.2) is 24.3 Å². The average Bonchev–Trinajstić information content (AvgIpc) is 3.07. The molecule has 16 heavy (non-hydrogen) atoms. The molecule has 0 bridgehead atoms. The van der Waals surface area contributed by atoms with E-state index in [2.05, 4.69) is 36.5 Å². The summed E-state index contributed by atoms with van der Waals surface area (Å²) in [5, 5.41) is 3.63. The zero-order valence-corrected chi connectivity index (χ0v) is 10.1. The van der Waals surface area contributed by atoms with E-state index in [4.69, 9.17) is 5.73 Å². The van der Waals surface area contributed by atoms with Crippen LogP contribution in [0.4, 0.5) is 0 Å². The largest absolute Gasteiger partial charge is 0.330 e.